The molecule has 0 saturated heterocycles. The summed E-state index contributed by atoms with van der Waals surface area (Å²) in [5.41, 5.74) is 1.93. The van der Waals surface area contributed by atoms with Crippen LogP contribution in [0.2, 0.25) is 0 Å². The number of nitrogens with zero attached hydrogens (tertiary/aromatic N) is 1. The monoisotopic (exact) mass is 400 g/mol. The molecule has 0 radical (unpaired) electrons. The van der Waals surface area contributed by atoms with Gasteiger partial charge in [0.2, 0.25) is 5.91 Å². The summed E-state index contributed by atoms with van der Waals surface area (Å²) in [5, 5.41) is 9.17. The zero-order valence-electron chi connectivity index (χ0n) is 17.2. The number of amides is 1. The molecule has 7 heteroatoms. The highest BCUT2D eigenvalue weighted by Gasteiger charge is 2.07. The van der Waals surface area contributed by atoms with Crippen LogP contribution < -0.4 is 20.7 Å². The number of ether oxygens (including phenoxy) is 1. The fourth-order valence-corrected chi connectivity index (χ4v) is 2.66. The molecule has 2 aromatic carbocycles. The number of carbonyl (C=O) groups excluding carboxylic acids is 1. The number of carbonyl (C=O) groups is 1. The van der Waals surface area contributed by atoms with Gasteiger partial charge in [-0.1, -0.05) is 24.3 Å². The molecule has 2 rings (SSSR count). The largest absolute Gasteiger partial charge is 0.489 e. The molecule has 0 aliphatic heterocycles. The van der Waals surface area contributed by atoms with Gasteiger partial charge in [0.05, 0.1) is 13.0 Å². The third-order valence-corrected chi connectivity index (χ3v) is 4.12. The number of aliphatic imine (C=N–C) groups is 1. The summed E-state index contributed by atoms with van der Waals surface area (Å²) < 4.78 is 18.8. The fourth-order valence-electron chi connectivity index (χ4n) is 2.66. The standard InChI is InChI=1S/C22H29FN4O2/c1-16-5-4-6-20(13-16)29-17(2)15-27-22(24-3)26-12-11-25-21(28)14-18-7-9-19(23)10-8-18/h4-10,13,17H,11-12,14-15H2,1-3H3,(H,25,28)(H2,24,26,27). The van der Waals surface area contributed by atoms with Crippen molar-refractivity contribution >= 4 is 11.9 Å². The molecule has 0 heterocycles. The second kappa shape index (κ2) is 11.7. The van der Waals surface area contributed by atoms with E-state index >= 15 is 0 Å². The van der Waals surface area contributed by atoms with E-state index in [0.717, 1.165) is 16.9 Å². The summed E-state index contributed by atoms with van der Waals surface area (Å²) in [5.74, 6) is 1.06. The molecule has 6 nitrogen and oxygen atoms in total. The van der Waals surface area contributed by atoms with E-state index in [1.165, 1.54) is 12.1 Å². The van der Waals surface area contributed by atoms with Gasteiger partial charge in [-0.2, -0.15) is 0 Å². The maximum atomic E-state index is 12.9. The molecular formula is C22H29FN4O2. The molecule has 156 valence electrons. The Morgan fingerprint density at radius 1 is 1.10 bits per heavy atom. The summed E-state index contributed by atoms with van der Waals surface area (Å²) in [7, 11) is 1.69. The lowest BCUT2D eigenvalue weighted by Gasteiger charge is -2.18. The van der Waals surface area contributed by atoms with Gasteiger partial charge in [0, 0.05) is 20.1 Å². The zero-order chi connectivity index (χ0) is 21.1. The van der Waals surface area contributed by atoms with Crippen LogP contribution in [-0.4, -0.2) is 44.7 Å². The molecule has 1 atom stereocenters. The van der Waals surface area contributed by atoms with Crippen molar-refractivity contribution in [2.45, 2.75) is 26.4 Å². The van der Waals surface area contributed by atoms with E-state index < -0.39 is 0 Å². The molecular weight excluding hydrogens is 371 g/mol. The van der Waals surface area contributed by atoms with E-state index in [4.69, 9.17) is 4.74 Å². The predicted molar refractivity (Wildman–Crippen MR) is 114 cm³/mol. The first kappa shape index (κ1) is 22.2. The van der Waals surface area contributed by atoms with Crippen LogP contribution in [0.4, 0.5) is 4.39 Å². The molecule has 0 fully saturated rings. The first-order valence-electron chi connectivity index (χ1n) is 9.65. The molecule has 3 N–H and O–H groups in total. The summed E-state index contributed by atoms with van der Waals surface area (Å²) in [6.45, 7) is 5.58. The maximum absolute atomic E-state index is 12.9. The normalized spacial score (nSPS) is 12.2. The van der Waals surface area contributed by atoms with Crippen LogP contribution in [0.1, 0.15) is 18.1 Å². The lowest BCUT2D eigenvalue weighted by molar-refractivity contribution is -0.120. The third kappa shape index (κ3) is 8.64. The van der Waals surface area contributed by atoms with Gasteiger partial charge in [0.15, 0.2) is 5.96 Å². The van der Waals surface area contributed by atoms with Gasteiger partial charge in [-0.05, 0) is 49.2 Å². The van der Waals surface area contributed by atoms with Gasteiger partial charge >= 0.3 is 0 Å². The fraction of sp³-hybridized carbons (Fsp3) is 0.364. The Labute approximate surface area is 171 Å². The van der Waals surface area contributed by atoms with E-state index in [2.05, 4.69) is 20.9 Å². The van der Waals surface area contributed by atoms with Crippen LogP contribution in [-0.2, 0) is 11.2 Å². The van der Waals surface area contributed by atoms with Crippen molar-refractivity contribution in [3.63, 3.8) is 0 Å². The van der Waals surface area contributed by atoms with Crippen molar-refractivity contribution in [2.75, 3.05) is 26.7 Å². The third-order valence-electron chi connectivity index (χ3n) is 4.12. The van der Waals surface area contributed by atoms with Crippen molar-refractivity contribution in [3.05, 3.63) is 65.5 Å². The van der Waals surface area contributed by atoms with E-state index in [1.54, 1.807) is 19.2 Å². The van der Waals surface area contributed by atoms with E-state index in [-0.39, 0.29) is 24.2 Å². The molecule has 0 aliphatic rings. The smallest absolute Gasteiger partial charge is 0.224 e. The number of aryl methyl sites for hydroxylation is 1. The zero-order valence-corrected chi connectivity index (χ0v) is 17.2. The van der Waals surface area contributed by atoms with Crippen LogP contribution in [0.5, 0.6) is 5.75 Å². The van der Waals surface area contributed by atoms with Crippen LogP contribution in [0, 0.1) is 12.7 Å². The molecule has 0 aromatic heterocycles. The van der Waals surface area contributed by atoms with E-state index in [9.17, 15) is 9.18 Å². The summed E-state index contributed by atoms with van der Waals surface area (Å²) >= 11 is 0. The molecule has 2 aromatic rings. The van der Waals surface area contributed by atoms with Crippen molar-refractivity contribution in [2.24, 2.45) is 4.99 Å². The minimum absolute atomic E-state index is 0.0363. The average Bonchev–Trinajstić information content (AvgIpc) is 2.69. The average molecular weight is 400 g/mol. The highest BCUT2D eigenvalue weighted by Crippen LogP contribution is 2.13. The van der Waals surface area contributed by atoms with Crippen LogP contribution >= 0.6 is 0 Å². The van der Waals surface area contributed by atoms with Gasteiger partial charge in [0.1, 0.15) is 17.7 Å². The number of guanidine groups is 1. The second-order valence-electron chi connectivity index (χ2n) is 6.78. The molecule has 0 bridgehead atoms. The second-order valence-corrected chi connectivity index (χ2v) is 6.78. The number of hydrogen-bond donors (Lipinski definition) is 3. The van der Waals surface area contributed by atoms with Gasteiger partial charge in [0.25, 0.3) is 0 Å². The number of halogens is 1. The molecule has 1 amide bonds. The Morgan fingerprint density at radius 3 is 2.52 bits per heavy atom. The van der Waals surface area contributed by atoms with Gasteiger partial charge < -0.3 is 20.7 Å². The number of hydrogen-bond acceptors (Lipinski definition) is 3. The van der Waals surface area contributed by atoms with Crippen LogP contribution in [0.25, 0.3) is 0 Å². The van der Waals surface area contributed by atoms with Crippen LogP contribution in [0.15, 0.2) is 53.5 Å². The van der Waals surface area contributed by atoms with Gasteiger partial charge in [-0.15, -0.1) is 0 Å². The number of benzene rings is 2. The molecule has 29 heavy (non-hydrogen) atoms. The number of rotatable bonds is 9. The highest BCUT2D eigenvalue weighted by atomic mass is 19.1. The summed E-state index contributed by atoms with van der Waals surface area (Å²) in [4.78, 5) is 16.1. The molecule has 0 spiro atoms. The predicted octanol–water partition coefficient (Wildman–Crippen LogP) is 2.43. The summed E-state index contributed by atoms with van der Waals surface area (Å²) in [6.07, 6.45) is 0.187. The summed E-state index contributed by atoms with van der Waals surface area (Å²) in [6, 6.07) is 13.9. The van der Waals surface area contributed by atoms with Crippen molar-refractivity contribution in [1.82, 2.24) is 16.0 Å². The van der Waals surface area contributed by atoms with E-state index in [0.29, 0.717) is 25.6 Å². The SMILES string of the molecule is CN=C(NCCNC(=O)Cc1ccc(F)cc1)NCC(C)Oc1cccc(C)c1. The van der Waals surface area contributed by atoms with Crippen molar-refractivity contribution in [3.8, 4) is 5.75 Å². The molecule has 0 saturated carbocycles. The Kier molecular flexibility index (Phi) is 8.95. The maximum Gasteiger partial charge on any atom is 0.224 e. The Bertz CT molecular complexity index is 809. The van der Waals surface area contributed by atoms with Gasteiger partial charge in [-0.25, -0.2) is 4.39 Å². The quantitative estimate of drug-likeness (QED) is 0.343. The van der Waals surface area contributed by atoms with Gasteiger partial charge in [-0.3, -0.25) is 9.79 Å². The van der Waals surface area contributed by atoms with Crippen LogP contribution in [0.3, 0.4) is 0 Å². The topological polar surface area (TPSA) is 74.8 Å². The lowest BCUT2D eigenvalue weighted by Crippen LogP contribution is -2.44. The molecule has 0 aliphatic carbocycles. The Balaban J connectivity index is 1.63. The molecule has 1 unspecified atom stereocenters. The minimum Gasteiger partial charge on any atom is -0.489 e. The number of nitrogens with one attached hydrogen (secondary N) is 3. The lowest BCUT2D eigenvalue weighted by atomic mass is 10.1. The highest BCUT2D eigenvalue weighted by molar-refractivity contribution is 5.80. The Morgan fingerprint density at radius 2 is 1.83 bits per heavy atom. The van der Waals surface area contributed by atoms with E-state index in [1.807, 2.05) is 38.1 Å². The Hall–Kier alpha value is -3.09. The first-order chi connectivity index (χ1) is 14.0. The van der Waals surface area contributed by atoms with Crippen molar-refractivity contribution < 1.29 is 13.9 Å². The minimum atomic E-state index is -0.309. The first-order valence-corrected chi connectivity index (χ1v) is 9.65. The van der Waals surface area contributed by atoms with Crippen molar-refractivity contribution in [1.29, 1.82) is 0 Å².